The number of halogens is 1. The highest BCUT2D eigenvalue weighted by molar-refractivity contribution is 7.14. The summed E-state index contributed by atoms with van der Waals surface area (Å²) in [6.45, 7) is 3.17. The van der Waals surface area contributed by atoms with Crippen molar-refractivity contribution in [2.24, 2.45) is 5.92 Å². The molecule has 2 aliphatic rings. The Hall–Kier alpha value is -2.05. The summed E-state index contributed by atoms with van der Waals surface area (Å²) in [5.41, 5.74) is 2.34. The highest BCUT2D eigenvalue weighted by Crippen LogP contribution is 2.34. The molecule has 1 aromatic carbocycles. The lowest BCUT2D eigenvalue weighted by atomic mass is 9.87. The molecule has 2 aromatic rings. The number of anilines is 1. The van der Waals surface area contributed by atoms with Crippen LogP contribution in [0.1, 0.15) is 26.5 Å². The summed E-state index contributed by atoms with van der Waals surface area (Å²) in [4.78, 5) is 33.3. The molecule has 2 heterocycles. The van der Waals surface area contributed by atoms with Gasteiger partial charge in [0.15, 0.2) is 0 Å². The maximum Gasteiger partial charge on any atom is 0.263 e. The first-order chi connectivity index (χ1) is 13.9. The maximum atomic E-state index is 13.1. The quantitative estimate of drug-likeness (QED) is 0.746. The van der Waals surface area contributed by atoms with Crippen molar-refractivity contribution >= 4 is 40.4 Å². The summed E-state index contributed by atoms with van der Waals surface area (Å²) >= 11 is 7.57. The van der Waals surface area contributed by atoms with Crippen LogP contribution in [0.5, 0.6) is 0 Å². The van der Waals surface area contributed by atoms with Crippen LogP contribution in [0.25, 0.3) is 0 Å². The third-order valence-electron chi connectivity index (χ3n) is 5.83. The van der Waals surface area contributed by atoms with Crippen LogP contribution in [-0.4, -0.2) is 61.9 Å². The van der Waals surface area contributed by atoms with E-state index in [1.54, 1.807) is 30.3 Å². The molecule has 1 aliphatic heterocycles. The van der Waals surface area contributed by atoms with E-state index in [2.05, 4.69) is 4.90 Å². The molecule has 7 heteroatoms. The number of benzene rings is 1. The van der Waals surface area contributed by atoms with Crippen molar-refractivity contribution in [2.75, 3.05) is 45.2 Å². The van der Waals surface area contributed by atoms with Gasteiger partial charge >= 0.3 is 0 Å². The Bertz CT molecular complexity index is 901. The fourth-order valence-electron chi connectivity index (χ4n) is 4.16. The summed E-state index contributed by atoms with van der Waals surface area (Å²) in [7, 11) is 3.55. The zero-order valence-electron chi connectivity index (χ0n) is 16.9. The first-order valence-corrected chi connectivity index (χ1v) is 11.2. The fraction of sp³-hybridized carbons (Fsp3) is 0.455. The number of thiophene rings is 1. The molecule has 2 amide bonds. The van der Waals surface area contributed by atoms with E-state index in [0.29, 0.717) is 0 Å². The number of carbonyl (C=O) groups is 2. The Kier molecular flexibility index (Phi) is 5.83. The highest BCUT2D eigenvalue weighted by Gasteiger charge is 2.32. The SMILES string of the molecule is CN(C)C(=O)c1cc2c(s1)CCC(C(=O)N1CCN(c3ccc(Cl)cc3)CC1)C2. The van der Waals surface area contributed by atoms with E-state index in [-0.39, 0.29) is 17.7 Å². The number of rotatable bonds is 3. The molecule has 1 aromatic heterocycles. The van der Waals surface area contributed by atoms with Crippen LogP contribution in [0.3, 0.4) is 0 Å². The Balaban J connectivity index is 1.36. The van der Waals surface area contributed by atoms with E-state index in [9.17, 15) is 9.59 Å². The Morgan fingerprint density at radius 1 is 1.10 bits per heavy atom. The number of amides is 2. The third kappa shape index (κ3) is 4.28. The van der Waals surface area contributed by atoms with Gasteiger partial charge in [-0.25, -0.2) is 0 Å². The topological polar surface area (TPSA) is 43.9 Å². The summed E-state index contributed by atoms with van der Waals surface area (Å²) in [6.07, 6.45) is 2.52. The first-order valence-electron chi connectivity index (χ1n) is 10.0. The molecule has 0 saturated carbocycles. The molecule has 0 spiro atoms. The molecule has 4 rings (SSSR count). The number of nitrogens with zero attached hydrogens (tertiary/aromatic N) is 3. The normalized spacial score (nSPS) is 19.1. The molecule has 1 unspecified atom stereocenters. The number of piperazine rings is 1. The van der Waals surface area contributed by atoms with Gasteiger partial charge in [-0.05, 0) is 55.2 Å². The van der Waals surface area contributed by atoms with Gasteiger partial charge in [0.25, 0.3) is 5.91 Å². The Morgan fingerprint density at radius 3 is 2.45 bits per heavy atom. The van der Waals surface area contributed by atoms with Crippen molar-refractivity contribution in [2.45, 2.75) is 19.3 Å². The molecule has 29 heavy (non-hydrogen) atoms. The van der Waals surface area contributed by atoms with E-state index < -0.39 is 0 Å². The van der Waals surface area contributed by atoms with E-state index in [0.717, 1.165) is 61.0 Å². The lowest BCUT2D eigenvalue weighted by Gasteiger charge is -2.38. The number of hydrogen-bond donors (Lipinski definition) is 0. The Labute approximate surface area is 180 Å². The van der Waals surface area contributed by atoms with Crippen molar-refractivity contribution < 1.29 is 9.59 Å². The molecular weight excluding hydrogens is 406 g/mol. The maximum absolute atomic E-state index is 13.1. The van der Waals surface area contributed by atoms with Crippen molar-refractivity contribution in [1.29, 1.82) is 0 Å². The standard InChI is InChI=1S/C22H26ClN3O2S/c1-24(2)22(28)20-14-16-13-15(3-8-19(16)29-20)21(27)26-11-9-25(10-12-26)18-6-4-17(23)5-7-18/h4-7,14-15H,3,8-13H2,1-2H3. The van der Waals surface area contributed by atoms with Crippen LogP contribution in [0, 0.1) is 5.92 Å². The molecule has 5 nitrogen and oxygen atoms in total. The average Bonchev–Trinajstić information content (AvgIpc) is 3.16. The van der Waals surface area contributed by atoms with Gasteiger partial charge in [-0.3, -0.25) is 9.59 Å². The summed E-state index contributed by atoms with van der Waals surface area (Å²) in [5, 5.41) is 0.739. The molecular formula is C22H26ClN3O2S. The number of carbonyl (C=O) groups excluding carboxylic acids is 2. The molecule has 154 valence electrons. The molecule has 1 saturated heterocycles. The minimum Gasteiger partial charge on any atom is -0.368 e. The van der Waals surface area contributed by atoms with Crippen LogP contribution in [0.4, 0.5) is 5.69 Å². The highest BCUT2D eigenvalue weighted by atomic mass is 35.5. The van der Waals surface area contributed by atoms with E-state index in [1.165, 1.54) is 10.4 Å². The molecule has 1 aliphatic carbocycles. The average molecular weight is 432 g/mol. The van der Waals surface area contributed by atoms with Crippen molar-refractivity contribution in [1.82, 2.24) is 9.80 Å². The molecule has 0 radical (unpaired) electrons. The Morgan fingerprint density at radius 2 is 1.79 bits per heavy atom. The molecule has 1 fully saturated rings. The van der Waals surface area contributed by atoms with E-state index >= 15 is 0 Å². The van der Waals surface area contributed by atoms with Gasteiger partial charge in [-0.1, -0.05) is 11.6 Å². The van der Waals surface area contributed by atoms with Crippen LogP contribution in [0.2, 0.25) is 5.02 Å². The van der Waals surface area contributed by atoms with E-state index in [1.807, 2.05) is 35.2 Å². The summed E-state index contributed by atoms with van der Waals surface area (Å²) < 4.78 is 0. The smallest absolute Gasteiger partial charge is 0.263 e. The van der Waals surface area contributed by atoms with Gasteiger partial charge < -0.3 is 14.7 Å². The monoisotopic (exact) mass is 431 g/mol. The van der Waals surface area contributed by atoms with Gasteiger partial charge in [0, 0.05) is 61.8 Å². The molecule has 0 N–H and O–H groups in total. The molecule has 1 atom stereocenters. The zero-order valence-corrected chi connectivity index (χ0v) is 18.4. The number of aryl methyl sites for hydroxylation is 1. The van der Waals surface area contributed by atoms with Crippen LogP contribution < -0.4 is 4.90 Å². The van der Waals surface area contributed by atoms with Crippen molar-refractivity contribution in [3.63, 3.8) is 0 Å². The van der Waals surface area contributed by atoms with Crippen molar-refractivity contribution in [3.05, 3.63) is 50.7 Å². The fourth-order valence-corrected chi connectivity index (χ4v) is 5.51. The predicted octanol–water partition coefficient (Wildman–Crippen LogP) is 3.56. The summed E-state index contributed by atoms with van der Waals surface area (Å²) in [5.74, 6) is 0.338. The number of hydrogen-bond acceptors (Lipinski definition) is 4. The lowest BCUT2D eigenvalue weighted by Crippen LogP contribution is -2.51. The lowest BCUT2D eigenvalue weighted by molar-refractivity contribution is -0.136. The van der Waals surface area contributed by atoms with Gasteiger partial charge in [-0.2, -0.15) is 0 Å². The second kappa shape index (κ2) is 8.36. The van der Waals surface area contributed by atoms with Gasteiger partial charge in [-0.15, -0.1) is 11.3 Å². The van der Waals surface area contributed by atoms with Gasteiger partial charge in [0.1, 0.15) is 0 Å². The van der Waals surface area contributed by atoms with Gasteiger partial charge in [0.2, 0.25) is 5.91 Å². The van der Waals surface area contributed by atoms with Crippen LogP contribution in [-0.2, 0) is 17.6 Å². The van der Waals surface area contributed by atoms with Crippen LogP contribution >= 0.6 is 22.9 Å². The van der Waals surface area contributed by atoms with Gasteiger partial charge in [0.05, 0.1) is 4.88 Å². The summed E-state index contributed by atoms with van der Waals surface area (Å²) in [6, 6.07) is 9.88. The largest absolute Gasteiger partial charge is 0.368 e. The first kappa shape index (κ1) is 20.2. The van der Waals surface area contributed by atoms with Crippen LogP contribution in [0.15, 0.2) is 30.3 Å². The number of fused-ring (bicyclic) bond motifs is 1. The van der Waals surface area contributed by atoms with E-state index in [4.69, 9.17) is 11.6 Å². The molecule has 0 bridgehead atoms. The second-order valence-electron chi connectivity index (χ2n) is 7.99. The predicted molar refractivity (Wildman–Crippen MR) is 118 cm³/mol. The second-order valence-corrected chi connectivity index (χ2v) is 9.56. The zero-order chi connectivity index (χ0) is 20.5. The minimum atomic E-state index is 0.0292. The minimum absolute atomic E-state index is 0.0292. The third-order valence-corrected chi connectivity index (χ3v) is 7.31. The van der Waals surface area contributed by atoms with Crippen molar-refractivity contribution in [3.8, 4) is 0 Å².